The van der Waals surface area contributed by atoms with E-state index < -0.39 is 0 Å². The zero-order valence-corrected chi connectivity index (χ0v) is 12.9. The lowest BCUT2D eigenvalue weighted by atomic mass is 9.87. The summed E-state index contributed by atoms with van der Waals surface area (Å²) in [5, 5.41) is 6.41. The summed E-state index contributed by atoms with van der Waals surface area (Å²) in [7, 11) is 0. The summed E-state index contributed by atoms with van der Waals surface area (Å²) in [5.41, 5.74) is 3.65. The number of nitrogens with zero attached hydrogens (tertiary/aromatic N) is 2. The first-order valence-electron chi connectivity index (χ1n) is 7.78. The van der Waals surface area contributed by atoms with Gasteiger partial charge in [-0.1, -0.05) is 18.2 Å². The Balaban J connectivity index is 1.57. The predicted octanol–water partition coefficient (Wildman–Crippen LogP) is 1.58. The minimum atomic E-state index is -0.0850. The molecule has 0 spiro atoms. The Morgan fingerprint density at radius 2 is 2.41 bits per heavy atom. The number of rotatable bonds is 5. The molecule has 0 saturated carbocycles. The van der Waals surface area contributed by atoms with Crippen LogP contribution in [0.5, 0.6) is 0 Å². The largest absolute Gasteiger partial charge is 0.355 e. The predicted molar refractivity (Wildman–Crippen MR) is 85.5 cm³/mol. The second kappa shape index (κ2) is 6.75. The number of benzene rings is 1. The quantitative estimate of drug-likeness (QED) is 0.824. The van der Waals surface area contributed by atoms with Gasteiger partial charge in [0.15, 0.2) is 0 Å². The fourth-order valence-corrected chi connectivity index (χ4v) is 3.09. The molecule has 1 amide bonds. The number of carbonyl (C=O) groups is 1. The van der Waals surface area contributed by atoms with Crippen molar-refractivity contribution < 1.29 is 4.79 Å². The normalized spacial score (nSPS) is 17.0. The Labute approximate surface area is 130 Å². The third kappa shape index (κ3) is 3.20. The fraction of sp³-hybridized carbons (Fsp3) is 0.412. The standard InChI is InChI=1S/C17H22N4O/c1-13-4-2-5-14-10-19-11-15(16(13)14)17(22)20-6-3-8-21-9-7-18-12-21/h2,4-5,7,9,12,15,19H,3,6,8,10-11H2,1H3,(H,20,22). The molecule has 0 aliphatic carbocycles. The molecular formula is C17H22N4O. The highest BCUT2D eigenvalue weighted by molar-refractivity contribution is 5.85. The van der Waals surface area contributed by atoms with Gasteiger partial charge < -0.3 is 15.2 Å². The van der Waals surface area contributed by atoms with E-state index in [2.05, 4.69) is 40.7 Å². The van der Waals surface area contributed by atoms with Gasteiger partial charge in [-0.15, -0.1) is 0 Å². The smallest absolute Gasteiger partial charge is 0.228 e. The number of imidazole rings is 1. The summed E-state index contributed by atoms with van der Waals surface area (Å²) in [5.74, 6) is 0.0339. The number of aryl methyl sites for hydroxylation is 2. The van der Waals surface area contributed by atoms with Gasteiger partial charge in [0, 0.05) is 38.6 Å². The zero-order chi connectivity index (χ0) is 15.4. The van der Waals surface area contributed by atoms with Gasteiger partial charge in [-0.3, -0.25) is 4.79 Å². The zero-order valence-electron chi connectivity index (χ0n) is 12.9. The van der Waals surface area contributed by atoms with Gasteiger partial charge in [-0.2, -0.15) is 0 Å². The van der Waals surface area contributed by atoms with Crippen molar-refractivity contribution in [3.05, 3.63) is 53.6 Å². The first-order valence-corrected chi connectivity index (χ1v) is 7.78. The van der Waals surface area contributed by atoms with E-state index in [4.69, 9.17) is 0 Å². The topological polar surface area (TPSA) is 59.0 Å². The summed E-state index contributed by atoms with van der Waals surface area (Å²) in [6.07, 6.45) is 6.41. The number of hydrogen-bond donors (Lipinski definition) is 2. The van der Waals surface area contributed by atoms with E-state index in [-0.39, 0.29) is 11.8 Å². The number of carbonyl (C=O) groups excluding carboxylic acids is 1. The molecule has 1 aliphatic rings. The molecule has 1 unspecified atom stereocenters. The van der Waals surface area contributed by atoms with E-state index >= 15 is 0 Å². The maximum absolute atomic E-state index is 12.5. The molecule has 0 radical (unpaired) electrons. The Morgan fingerprint density at radius 1 is 1.50 bits per heavy atom. The minimum Gasteiger partial charge on any atom is -0.355 e. The van der Waals surface area contributed by atoms with Crippen LogP contribution < -0.4 is 10.6 Å². The highest BCUT2D eigenvalue weighted by atomic mass is 16.1. The maximum Gasteiger partial charge on any atom is 0.228 e. The van der Waals surface area contributed by atoms with Gasteiger partial charge in [-0.25, -0.2) is 4.98 Å². The average Bonchev–Trinajstić information content (AvgIpc) is 3.04. The van der Waals surface area contributed by atoms with Crippen LogP contribution in [0.1, 0.15) is 29.0 Å². The summed E-state index contributed by atoms with van der Waals surface area (Å²) in [6.45, 7) is 5.21. The van der Waals surface area contributed by atoms with Gasteiger partial charge in [0.2, 0.25) is 5.91 Å². The van der Waals surface area contributed by atoms with Crippen LogP contribution in [-0.2, 0) is 17.9 Å². The molecule has 0 bridgehead atoms. The number of fused-ring (bicyclic) bond motifs is 1. The van der Waals surface area contributed by atoms with Crippen LogP contribution in [0.15, 0.2) is 36.9 Å². The molecular weight excluding hydrogens is 276 g/mol. The summed E-state index contributed by atoms with van der Waals surface area (Å²) in [4.78, 5) is 16.5. The number of aromatic nitrogens is 2. The lowest BCUT2D eigenvalue weighted by Crippen LogP contribution is -2.39. The van der Waals surface area contributed by atoms with Gasteiger partial charge in [0.25, 0.3) is 0 Å². The van der Waals surface area contributed by atoms with Crippen LogP contribution in [0, 0.1) is 6.92 Å². The molecule has 1 aromatic heterocycles. The minimum absolute atomic E-state index is 0.0850. The molecule has 0 fully saturated rings. The number of hydrogen-bond acceptors (Lipinski definition) is 3. The molecule has 2 N–H and O–H groups in total. The monoisotopic (exact) mass is 298 g/mol. The van der Waals surface area contributed by atoms with Gasteiger partial charge >= 0.3 is 0 Å². The Morgan fingerprint density at radius 3 is 3.23 bits per heavy atom. The van der Waals surface area contributed by atoms with E-state index in [1.807, 2.05) is 10.8 Å². The van der Waals surface area contributed by atoms with Crippen molar-refractivity contribution in [2.24, 2.45) is 0 Å². The van der Waals surface area contributed by atoms with Crippen molar-refractivity contribution in [1.82, 2.24) is 20.2 Å². The van der Waals surface area contributed by atoms with Crippen molar-refractivity contribution in [1.29, 1.82) is 0 Å². The van der Waals surface area contributed by atoms with Crippen LogP contribution in [0.25, 0.3) is 0 Å². The Kier molecular flexibility index (Phi) is 4.53. The molecule has 116 valence electrons. The number of nitrogens with one attached hydrogen (secondary N) is 2. The van der Waals surface area contributed by atoms with Crippen LogP contribution >= 0.6 is 0 Å². The second-order valence-electron chi connectivity index (χ2n) is 5.78. The van der Waals surface area contributed by atoms with Crippen molar-refractivity contribution in [3.8, 4) is 0 Å². The van der Waals surface area contributed by atoms with E-state index in [1.165, 1.54) is 16.7 Å². The van der Waals surface area contributed by atoms with Gasteiger partial charge in [-0.05, 0) is 30.0 Å². The van der Waals surface area contributed by atoms with E-state index in [9.17, 15) is 4.79 Å². The highest BCUT2D eigenvalue weighted by Crippen LogP contribution is 2.27. The van der Waals surface area contributed by atoms with Crippen molar-refractivity contribution in [3.63, 3.8) is 0 Å². The van der Waals surface area contributed by atoms with Crippen molar-refractivity contribution >= 4 is 5.91 Å². The van der Waals surface area contributed by atoms with Gasteiger partial charge in [0.05, 0.1) is 12.2 Å². The molecule has 22 heavy (non-hydrogen) atoms. The van der Waals surface area contributed by atoms with Crippen LogP contribution in [0.2, 0.25) is 0 Å². The summed E-state index contributed by atoms with van der Waals surface area (Å²) in [6, 6.07) is 6.25. The molecule has 1 atom stereocenters. The second-order valence-corrected chi connectivity index (χ2v) is 5.78. The highest BCUT2D eigenvalue weighted by Gasteiger charge is 2.27. The van der Waals surface area contributed by atoms with Gasteiger partial charge in [0.1, 0.15) is 0 Å². The molecule has 1 aliphatic heterocycles. The molecule has 2 aromatic rings. The Bertz CT molecular complexity index is 636. The first kappa shape index (κ1) is 14.8. The molecule has 5 nitrogen and oxygen atoms in total. The van der Waals surface area contributed by atoms with Crippen molar-refractivity contribution in [2.75, 3.05) is 13.1 Å². The molecule has 5 heteroatoms. The van der Waals surface area contributed by atoms with Crippen molar-refractivity contribution in [2.45, 2.75) is 32.4 Å². The molecule has 2 heterocycles. The molecule has 0 saturated heterocycles. The Hall–Kier alpha value is -2.14. The number of amides is 1. The molecule has 3 rings (SSSR count). The van der Waals surface area contributed by atoms with E-state index in [0.717, 1.165) is 19.5 Å². The fourth-order valence-electron chi connectivity index (χ4n) is 3.09. The SMILES string of the molecule is Cc1cccc2c1C(C(=O)NCCCn1ccnc1)CNC2. The molecule has 1 aromatic carbocycles. The van der Waals surface area contributed by atoms with Crippen LogP contribution in [0.4, 0.5) is 0 Å². The summed E-state index contributed by atoms with van der Waals surface area (Å²) >= 11 is 0. The van der Waals surface area contributed by atoms with Crippen LogP contribution in [0.3, 0.4) is 0 Å². The van der Waals surface area contributed by atoms with Crippen LogP contribution in [-0.4, -0.2) is 28.5 Å². The third-order valence-corrected chi connectivity index (χ3v) is 4.19. The summed E-state index contributed by atoms with van der Waals surface area (Å²) < 4.78 is 2.02. The maximum atomic E-state index is 12.5. The van der Waals surface area contributed by atoms with E-state index in [0.29, 0.717) is 13.1 Å². The average molecular weight is 298 g/mol. The third-order valence-electron chi connectivity index (χ3n) is 4.19. The van der Waals surface area contributed by atoms with E-state index in [1.54, 1.807) is 12.5 Å². The first-order chi connectivity index (χ1) is 10.8. The lowest BCUT2D eigenvalue weighted by molar-refractivity contribution is -0.122. The lowest BCUT2D eigenvalue weighted by Gasteiger charge is -2.27.